The second kappa shape index (κ2) is 8.35. The highest BCUT2D eigenvalue weighted by Crippen LogP contribution is 2.19. The lowest BCUT2D eigenvalue weighted by Crippen LogP contribution is -2.34. The van der Waals surface area contributed by atoms with Gasteiger partial charge in [-0.1, -0.05) is 24.3 Å². The lowest BCUT2D eigenvalue weighted by molar-refractivity contribution is -0.120. The molecule has 0 atom stereocenters. The van der Waals surface area contributed by atoms with Crippen LogP contribution in [0.15, 0.2) is 48.5 Å². The van der Waals surface area contributed by atoms with Gasteiger partial charge >= 0.3 is 0 Å². The Morgan fingerprint density at radius 2 is 1.93 bits per heavy atom. The van der Waals surface area contributed by atoms with Crippen molar-refractivity contribution < 1.29 is 19.1 Å². The number of ether oxygens (including phenoxy) is 1. The lowest BCUT2D eigenvalue weighted by atomic mass is 10.1. The van der Waals surface area contributed by atoms with E-state index in [2.05, 4.69) is 5.32 Å². The molecule has 1 heterocycles. The first-order valence-electron chi connectivity index (χ1n) is 8.71. The summed E-state index contributed by atoms with van der Waals surface area (Å²) in [4.78, 5) is 37.3. The van der Waals surface area contributed by atoms with Crippen molar-refractivity contribution >= 4 is 17.7 Å². The van der Waals surface area contributed by atoms with Gasteiger partial charge in [-0.3, -0.25) is 14.4 Å². The predicted octanol–water partition coefficient (Wildman–Crippen LogP) is 1.33. The smallest absolute Gasteiger partial charge is 0.253 e. The molecule has 0 unspecified atom stereocenters. The molecule has 7 heteroatoms. The van der Waals surface area contributed by atoms with Crippen molar-refractivity contribution in [1.82, 2.24) is 10.2 Å². The Labute approximate surface area is 157 Å². The van der Waals surface area contributed by atoms with E-state index in [1.54, 1.807) is 47.4 Å². The van der Waals surface area contributed by atoms with Crippen molar-refractivity contribution in [2.24, 2.45) is 5.73 Å². The fraction of sp³-hybridized carbons (Fsp3) is 0.250. The number of para-hydroxylation sites is 1. The first kappa shape index (κ1) is 18.4. The zero-order valence-corrected chi connectivity index (χ0v) is 14.8. The summed E-state index contributed by atoms with van der Waals surface area (Å²) in [6.45, 7) is 1.54. The summed E-state index contributed by atoms with van der Waals surface area (Å²) in [5.41, 5.74) is 7.00. The Morgan fingerprint density at radius 3 is 2.74 bits per heavy atom. The molecule has 3 N–H and O–H groups in total. The van der Waals surface area contributed by atoms with E-state index in [1.807, 2.05) is 6.07 Å². The maximum atomic E-state index is 12.7. The Kier molecular flexibility index (Phi) is 5.71. The van der Waals surface area contributed by atoms with E-state index in [4.69, 9.17) is 10.5 Å². The summed E-state index contributed by atoms with van der Waals surface area (Å²) >= 11 is 0. The van der Waals surface area contributed by atoms with E-state index in [0.717, 1.165) is 5.56 Å². The minimum Gasteiger partial charge on any atom is -0.488 e. The highest BCUT2D eigenvalue weighted by molar-refractivity contribution is 5.96. The summed E-state index contributed by atoms with van der Waals surface area (Å²) in [7, 11) is 0. The van der Waals surface area contributed by atoms with Crippen LogP contribution in [0.3, 0.4) is 0 Å². The molecule has 0 radical (unpaired) electrons. The zero-order chi connectivity index (χ0) is 19.2. The average molecular weight is 367 g/mol. The molecule has 1 fully saturated rings. The number of carbonyl (C=O) groups excluding carboxylic acids is 3. The molecule has 3 rings (SSSR count). The molecule has 0 spiro atoms. The van der Waals surface area contributed by atoms with Gasteiger partial charge in [0.05, 0.1) is 5.56 Å². The van der Waals surface area contributed by atoms with Crippen LogP contribution in [0.5, 0.6) is 5.75 Å². The van der Waals surface area contributed by atoms with E-state index in [-0.39, 0.29) is 18.4 Å². The molecule has 0 bridgehead atoms. The van der Waals surface area contributed by atoms with Gasteiger partial charge in [-0.25, -0.2) is 0 Å². The highest BCUT2D eigenvalue weighted by atomic mass is 16.5. The van der Waals surface area contributed by atoms with E-state index in [1.165, 1.54) is 0 Å². The van der Waals surface area contributed by atoms with Crippen LogP contribution in [0.25, 0.3) is 0 Å². The number of rotatable bonds is 5. The molecule has 1 aliphatic rings. The fourth-order valence-corrected chi connectivity index (χ4v) is 2.90. The number of amides is 3. The van der Waals surface area contributed by atoms with Gasteiger partial charge in [-0.05, 0) is 29.8 Å². The summed E-state index contributed by atoms with van der Waals surface area (Å²) in [5, 5.41) is 2.75. The van der Waals surface area contributed by atoms with Crippen LogP contribution in [0.2, 0.25) is 0 Å². The standard InChI is InChI=1S/C20H21N3O4/c21-19(25)16-6-1-2-7-17(16)27-13-14-4-3-5-15(12-14)20(26)23-10-8-18(24)22-9-11-23/h1-7,12H,8-11,13H2,(H2,21,25)(H,22,24). The zero-order valence-electron chi connectivity index (χ0n) is 14.8. The van der Waals surface area contributed by atoms with Crippen LogP contribution in [0.1, 0.15) is 32.7 Å². The molecule has 7 nitrogen and oxygen atoms in total. The minimum atomic E-state index is -0.557. The third-order valence-electron chi connectivity index (χ3n) is 4.32. The average Bonchev–Trinajstić information content (AvgIpc) is 2.90. The first-order chi connectivity index (χ1) is 13.0. The monoisotopic (exact) mass is 367 g/mol. The van der Waals surface area contributed by atoms with Gasteiger partial charge in [0, 0.05) is 31.6 Å². The van der Waals surface area contributed by atoms with Crippen LogP contribution < -0.4 is 15.8 Å². The first-order valence-corrected chi connectivity index (χ1v) is 8.71. The lowest BCUT2D eigenvalue weighted by Gasteiger charge is -2.20. The molecule has 27 heavy (non-hydrogen) atoms. The van der Waals surface area contributed by atoms with Gasteiger partial charge in [0.25, 0.3) is 11.8 Å². The molecule has 1 saturated heterocycles. The van der Waals surface area contributed by atoms with Gasteiger partial charge < -0.3 is 20.7 Å². The van der Waals surface area contributed by atoms with E-state index in [0.29, 0.717) is 42.9 Å². The van der Waals surface area contributed by atoms with Crippen LogP contribution in [-0.2, 0) is 11.4 Å². The molecule has 0 aromatic heterocycles. The Bertz CT molecular complexity index is 866. The van der Waals surface area contributed by atoms with Crippen molar-refractivity contribution in [3.63, 3.8) is 0 Å². The summed E-state index contributed by atoms with van der Waals surface area (Å²) in [6.07, 6.45) is 0.304. The Balaban J connectivity index is 1.70. The van der Waals surface area contributed by atoms with Crippen LogP contribution in [0.4, 0.5) is 0 Å². The summed E-state index contributed by atoms with van der Waals surface area (Å²) in [6, 6.07) is 13.9. The van der Waals surface area contributed by atoms with Crippen molar-refractivity contribution in [1.29, 1.82) is 0 Å². The molecule has 0 aliphatic carbocycles. The molecular weight excluding hydrogens is 346 g/mol. The number of nitrogens with two attached hydrogens (primary N) is 1. The third-order valence-corrected chi connectivity index (χ3v) is 4.32. The van der Waals surface area contributed by atoms with Gasteiger partial charge in [-0.15, -0.1) is 0 Å². The molecule has 2 aromatic carbocycles. The van der Waals surface area contributed by atoms with E-state index >= 15 is 0 Å². The molecular formula is C20H21N3O4. The van der Waals surface area contributed by atoms with Crippen LogP contribution >= 0.6 is 0 Å². The highest BCUT2D eigenvalue weighted by Gasteiger charge is 2.20. The topological polar surface area (TPSA) is 102 Å². The molecule has 0 saturated carbocycles. The second-order valence-electron chi connectivity index (χ2n) is 6.24. The molecule has 3 amide bonds. The second-order valence-corrected chi connectivity index (χ2v) is 6.24. The Hall–Kier alpha value is -3.35. The van der Waals surface area contributed by atoms with Gasteiger partial charge in [0.2, 0.25) is 5.91 Å². The number of nitrogens with zero attached hydrogens (tertiary/aromatic N) is 1. The summed E-state index contributed by atoms with van der Waals surface area (Å²) in [5.74, 6) is -0.316. The van der Waals surface area contributed by atoms with Gasteiger partial charge in [0.15, 0.2) is 0 Å². The molecule has 1 aliphatic heterocycles. The maximum Gasteiger partial charge on any atom is 0.253 e. The van der Waals surface area contributed by atoms with Crippen molar-refractivity contribution in [3.05, 3.63) is 65.2 Å². The normalized spacial score (nSPS) is 14.2. The maximum absolute atomic E-state index is 12.7. The summed E-state index contributed by atoms with van der Waals surface area (Å²) < 4.78 is 5.72. The number of benzene rings is 2. The van der Waals surface area contributed by atoms with Gasteiger partial charge in [-0.2, -0.15) is 0 Å². The Morgan fingerprint density at radius 1 is 1.11 bits per heavy atom. The van der Waals surface area contributed by atoms with Crippen LogP contribution in [-0.4, -0.2) is 42.3 Å². The number of primary amides is 1. The predicted molar refractivity (Wildman–Crippen MR) is 99.3 cm³/mol. The minimum absolute atomic E-state index is 0.0411. The number of nitrogens with one attached hydrogen (secondary N) is 1. The largest absolute Gasteiger partial charge is 0.488 e. The number of hydrogen-bond acceptors (Lipinski definition) is 4. The van der Waals surface area contributed by atoms with Crippen molar-refractivity contribution in [2.45, 2.75) is 13.0 Å². The van der Waals surface area contributed by atoms with E-state index in [9.17, 15) is 14.4 Å². The molecule has 2 aromatic rings. The van der Waals surface area contributed by atoms with Crippen molar-refractivity contribution in [3.8, 4) is 5.75 Å². The van der Waals surface area contributed by atoms with Crippen LogP contribution in [0, 0.1) is 0 Å². The third kappa shape index (κ3) is 4.63. The quantitative estimate of drug-likeness (QED) is 0.832. The van der Waals surface area contributed by atoms with Gasteiger partial charge in [0.1, 0.15) is 12.4 Å². The SMILES string of the molecule is NC(=O)c1ccccc1OCc1cccc(C(=O)N2CCNC(=O)CC2)c1. The number of hydrogen-bond donors (Lipinski definition) is 2. The fourth-order valence-electron chi connectivity index (χ4n) is 2.90. The number of carbonyl (C=O) groups is 3. The van der Waals surface area contributed by atoms with Crippen molar-refractivity contribution in [2.75, 3.05) is 19.6 Å². The van der Waals surface area contributed by atoms with E-state index < -0.39 is 5.91 Å². The molecule has 140 valence electrons.